The topological polar surface area (TPSA) is 77.1 Å². The van der Waals surface area contributed by atoms with E-state index in [1.54, 1.807) is 6.92 Å². The summed E-state index contributed by atoms with van der Waals surface area (Å²) in [6, 6.07) is 9.71. The number of hydrogen-bond donors (Lipinski definition) is 0. The zero-order chi connectivity index (χ0) is 20.4. The molecule has 0 unspecified atom stereocenters. The second kappa shape index (κ2) is 8.19. The number of amides is 1. The fourth-order valence-corrected chi connectivity index (χ4v) is 3.64. The second-order valence-electron chi connectivity index (χ2n) is 8.04. The third kappa shape index (κ3) is 4.23. The van der Waals surface area contributed by atoms with Gasteiger partial charge in [0.15, 0.2) is 0 Å². The van der Waals surface area contributed by atoms with Crippen molar-refractivity contribution in [1.29, 1.82) is 0 Å². The number of aryl methyl sites for hydroxylation is 2. The van der Waals surface area contributed by atoms with E-state index in [1.165, 1.54) is 0 Å². The minimum atomic E-state index is 0.0907. The average molecular weight is 393 g/mol. The Morgan fingerprint density at radius 1 is 1.17 bits per heavy atom. The fraction of sp³-hybridized carbons (Fsp3) is 0.455. The molecule has 0 radical (unpaired) electrons. The summed E-state index contributed by atoms with van der Waals surface area (Å²) in [5.41, 5.74) is 3.29. The first-order valence-electron chi connectivity index (χ1n) is 10.3. The summed E-state index contributed by atoms with van der Waals surface area (Å²) in [5, 5.41) is 12.8. The van der Waals surface area contributed by atoms with Crippen molar-refractivity contribution in [2.24, 2.45) is 5.92 Å². The summed E-state index contributed by atoms with van der Waals surface area (Å²) in [7, 11) is 0. The number of carbonyl (C=O) groups is 1. The Morgan fingerprint density at radius 2 is 1.97 bits per heavy atom. The number of aromatic nitrogens is 4. The van der Waals surface area contributed by atoms with Crippen LogP contribution in [0, 0.1) is 12.8 Å². The van der Waals surface area contributed by atoms with Gasteiger partial charge in [-0.15, -0.1) is 10.2 Å². The highest BCUT2D eigenvalue weighted by molar-refractivity contribution is 5.94. The van der Waals surface area contributed by atoms with Crippen molar-refractivity contribution in [1.82, 2.24) is 24.9 Å². The van der Waals surface area contributed by atoms with Crippen LogP contribution >= 0.6 is 0 Å². The van der Waals surface area contributed by atoms with Gasteiger partial charge in [0, 0.05) is 31.3 Å². The summed E-state index contributed by atoms with van der Waals surface area (Å²) < 4.78 is 7.47. The molecule has 3 heterocycles. The van der Waals surface area contributed by atoms with Gasteiger partial charge in [-0.2, -0.15) is 5.10 Å². The molecule has 1 aromatic carbocycles. The number of benzene rings is 1. The molecule has 7 heteroatoms. The van der Waals surface area contributed by atoms with Crippen LogP contribution in [0.3, 0.4) is 0 Å². The quantitative estimate of drug-likeness (QED) is 0.631. The molecule has 4 rings (SSSR count). The van der Waals surface area contributed by atoms with Gasteiger partial charge >= 0.3 is 0 Å². The first-order chi connectivity index (χ1) is 14.0. The highest BCUT2D eigenvalue weighted by Crippen LogP contribution is 2.24. The summed E-state index contributed by atoms with van der Waals surface area (Å²) in [6.45, 7) is 7.85. The Bertz CT molecular complexity index is 998. The van der Waals surface area contributed by atoms with E-state index in [0.29, 0.717) is 29.0 Å². The third-order valence-corrected chi connectivity index (χ3v) is 5.24. The number of likely N-dealkylation sites (tertiary alicyclic amines) is 1. The fourth-order valence-electron chi connectivity index (χ4n) is 3.64. The van der Waals surface area contributed by atoms with Gasteiger partial charge in [-0.25, -0.2) is 4.68 Å². The van der Waals surface area contributed by atoms with Gasteiger partial charge < -0.3 is 9.32 Å². The molecule has 1 amide bonds. The van der Waals surface area contributed by atoms with Crippen LogP contribution in [-0.4, -0.2) is 43.9 Å². The van der Waals surface area contributed by atoms with Crippen molar-refractivity contribution in [2.45, 2.75) is 46.5 Å². The lowest BCUT2D eigenvalue weighted by molar-refractivity contribution is 0.0793. The van der Waals surface area contributed by atoms with E-state index in [-0.39, 0.29) is 5.91 Å². The summed E-state index contributed by atoms with van der Waals surface area (Å²) in [6.07, 6.45) is 4.08. The maximum Gasteiger partial charge on any atom is 0.268 e. The molecule has 0 aliphatic carbocycles. The normalized spacial score (nSPS) is 14.1. The first-order valence-corrected chi connectivity index (χ1v) is 10.3. The van der Waals surface area contributed by atoms with Crippen LogP contribution in [0.15, 0.2) is 34.7 Å². The minimum Gasteiger partial charge on any atom is -0.420 e. The average Bonchev–Trinajstić information content (AvgIpc) is 3.46. The molecule has 1 aliphatic heterocycles. The van der Waals surface area contributed by atoms with E-state index >= 15 is 0 Å². The predicted molar refractivity (Wildman–Crippen MR) is 110 cm³/mol. The largest absolute Gasteiger partial charge is 0.420 e. The van der Waals surface area contributed by atoms with E-state index in [9.17, 15) is 4.79 Å². The van der Waals surface area contributed by atoms with Gasteiger partial charge in [0.25, 0.3) is 11.8 Å². The van der Waals surface area contributed by atoms with Gasteiger partial charge in [0.05, 0.1) is 5.69 Å². The highest BCUT2D eigenvalue weighted by atomic mass is 16.4. The molecule has 3 aromatic rings. The maximum absolute atomic E-state index is 12.8. The van der Waals surface area contributed by atoms with Crippen molar-refractivity contribution in [3.63, 3.8) is 0 Å². The minimum absolute atomic E-state index is 0.0907. The number of hydrogen-bond acceptors (Lipinski definition) is 5. The predicted octanol–water partition coefficient (Wildman–Crippen LogP) is 4.06. The molecule has 1 fully saturated rings. The third-order valence-electron chi connectivity index (χ3n) is 5.24. The molecule has 1 aliphatic rings. The van der Waals surface area contributed by atoms with E-state index in [1.807, 2.05) is 39.9 Å². The smallest absolute Gasteiger partial charge is 0.268 e. The van der Waals surface area contributed by atoms with E-state index < -0.39 is 0 Å². The Balaban J connectivity index is 1.69. The van der Waals surface area contributed by atoms with Crippen molar-refractivity contribution < 1.29 is 9.21 Å². The molecule has 0 saturated carbocycles. The monoisotopic (exact) mass is 393 g/mol. The maximum atomic E-state index is 12.8. The lowest BCUT2D eigenvalue weighted by Crippen LogP contribution is -2.27. The molecule has 0 spiro atoms. The van der Waals surface area contributed by atoms with Crippen molar-refractivity contribution in [2.75, 3.05) is 13.1 Å². The number of nitrogens with zero attached hydrogens (tertiary/aromatic N) is 5. The Labute approximate surface area is 170 Å². The number of carbonyl (C=O) groups excluding carboxylic acids is 1. The molecule has 29 heavy (non-hydrogen) atoms. The Morgan fingerprint density at radius 3 is 2.66 bits per heavy atom. The Hall–Kier alpha value is -2.96. The first kappa shape index (κ1) is 19.4. The van der Waals surface area contributed by atoms with Gasteiger partial charge in [-0.3, -0.25) is 4.79 Å². The Kier molecular flexibility index (Phi) is 5.47. The van der Waals surface area contributed by atoms with Crippen LogP contribution in [0.2, 0.25) is 0 Å². The molecule has 0 atom stereocenters. The van der Waals surface area contributed by atoms with Gasteiger partial charge in [-0.05, 0) is 55.9 Å². The second-order valence-corrected chi connectivity index (χ2v) is 8.04. The zero-order valence-electron chi connectivity index (χ0n) is 17.3. The van der Waals surface area contributed by atoms with Gasteiger partial charge in [0.2, 0.25) is 5.89 Å². The van der Waals surface area contributed by atoms with Crippen molar-refractivity contribution >= 4 is 5.91 Å². The van der Waals surface area contributed by atoms with Crippen molar-refractivity contribution in [3.05, 3.63) is 47.5 Å². The van der Waals surface area contributed by atoms with Gasteiger partial charge in [-0.1, -0.05) is 19.9 Å². The van der Waals surface area contributed by atoms with Crippen LogP contribution in [0.25, 0.3) is 17.3 Å². The molecule has 152 valence electrons. The molecule has 1 saturated heterocycles. The molecular formula is C22H27N5O2. The SMILES string of the molecule is Cc1nnc(-c2cc(CCC(C)C)n(-c3cccc(C(=O)N4CCCC4)c3)n2)o1. The van der Waals surface area contributed by atoms with E-state index in [0.717, 1.165) is 50.2 Å². The zero-order valence-corrected chi connectivity index (χ0v) is 17.3. The summed E-state index contributed by atoms with van der Waals surface area (Å²) in [4.78, 5) is 14.7. The van der Waals surface area contributed by atoms with Crippen LogP contribution in [0.4, 0.5) is 0 Å². The van der Waals surface area contributed by atoms with Crippen molar-refractivity contribution in [3.8, 4) is 17.3 Å². The van der Waals surface area contributed by atoms with Crippen LogP contribution in [0.5, 0.6) is 0 Å². The summed E-state index contributed by atoms with van der Waals surface area (Å²) in [5.74, 6) is 1.59. The lowest BCUT2D eigenvalue weighted by Gasteiger charge is -2.16. The highest BCUT2D eigenvalue weighted by Gasteiger charge is 2.21. The molecule has 2 aromatic heterocycles. The van der Waals surface area contributed by atoms with E-state index in [4.69, 9.17) is 9.52 Å². The lowest BCUT2D eigenvalue weighted by atomic mass is 10.1. The van der Waals surface area contributed by atoms with Crippen LogP contribution in [-0.2, 0) is 6.42 Å². The standard InChI is InChI=1S/C22H27N5O2/c1-15(2)9-10-19-14-20(21-24-23-16(3)29-21)25-27(19)18-8-6-7-17(13-18)22(28)26-11-4-5-12-26/h6-8,13-15H,4-5,9-12H2,1-3H3. The van der Waals surface area contributed by atoms with Crippen LogP contribution in [0.1, 0.15) is 55.1 Å². The van der Waals surface area contributed by atoms with Gasteiger partial charge in [0.1, 0.15) is 5.69 Å². The number of rotatable bonds is 6. The molecule has 0 N–H and O–H groups in total. The molecule has 0 bridgehead atoms. The van der Waals surface area contributed by atoms with E-state index in [2.05, 4.69) is 24.0 Å². The van der Waals surface area contributed by atoms with Crippen LogP contribution < -0.4 is 0 Å². The summed E-state index contributed by atoms with van der Waals surface area (Å²) >= 11 is 0. The molecular weight excluding hydrogens is 366 g/mol. The molecule has 7 nitrogen and oxygen atoms in total.